The molecule has 5 atom stereocenters. The fraction of sp³-hybridized carbons (Fsp3) is 0.833. The van der Waals surface area contributed by atoms with Crippen molar-refractivity contribution in [2.75, 3.05) is 13.1 Å². The van der Waals surface area contributed by atoms with Crippen LogP contribution in [-0.4, -0.2) is 56.7 Å². The second kappa shape index (κ2) is 7.62. The highest BCUT2D eigenvalue weighted by atomic mass is 32.2. The Kier molecular flexibility index (Phi) is 5.73. The van der Waals surface area contributed by atoms with Crippen LogP contribution in [0.2, 0.25) is 0 Å². The van der Waals surface area contributed by atoms with Crippen LogP contribution in [0.1, 0.15) is 46.5 Å². The summed E-state index contributed by atoms with van der Waals surface area (Å²) in [6, 6.07) is 0. The molecule has 1 saturated heterocycles. The van der Waals surface area contributed by atoms with Crippen LogP contribution < -0.4 is 10.6 Å². The van der Waals surface area contributed by atoms with Crippen LogP contribution in [0.3, 0.4) is 0 Å². The van der Waals surface area contributed by atoms with Gasteiger partial charge in [0.1, 0.15) is 12.2 Å². The number of carbonyl (C=O) groups is 3. The first-order valence-electron chi connectivity index (χ1n) is 9.71. The molecule has 10 heteroatoms. The molecule has 2 bridgehead atoms. The average Bonchev–Trinajstić information content (AvgIpc) is 3.24. The molecule has 158 valence electrons. The van der Waals surface area contributed by atoms with Crippen molar-refractivity contribution >= 4 is 27.9 Å². The Morgan fingerprint density at radius 1 is 1.18 bits per heavy atom. The van der Waals surface area contributed by atoms with Gasteiger partial charge in [-0.1, -0.05) is 20.8 Å². The van der Waals surface area contributed by atoms with E-state index in [9.17, 15) is 22.8 Å². The summed E-state index contributed by atoms with van der Waals surface area (Å²) in [6.45, 7) is 5.42. The quantitative estimate of drug-likeness (QED) is 0.424. The number of hydrogen-bond donors (Lipinski definition) is 2. The lowest BCUT2D eigenvalue weighted by Crippen LogP contribution is -2.43. The van der Waals surface area contributed by atoms with Crippen molar-refractivity contribution in [1.82, 2.24) is 10.6 Å². The molecule has 2 aliphatic carbocycles. The molecule has 0 radical (unpaired) electrons. The largest absolute Gasteiger partial charge is 0.459 e. The van der Waals surface area contributed by atoms with Gasteiger partial charge in [0.2, 0.25) is 11.8 Å². The molecule has 2 saturated carbocycles. The maximum absolute atomic E-state index is 12.1. The summed E-state index contributed by atoms with van der Waals surface area (Å²) in [5.41, 5.74) is -0.542. The molecule has 28 heavy (non-hydrogen) atoms. The molecule has 2 amide bonds. The van der Waals surface area contributed by atoms with Crippen LogP contribution in [0.4, 0.5) is 0 Å². The summed E-state index contributed by atoms with van der Waals surface area (Å²) < 4.78 is 34.4. The van der Waals surface area contributed by atoms with Crippen molar-refractivity contribution in [2.24, 2.45) is 17.3 Å². The monoisotopic (exact) mass is 416 g/mol. The minimum absolute atomic E-state index is 0.0212. The molecule has 3 rings (SSSR count). The van der Waals surface area contributed by atoms with E-state index in [0.717, 1.165) is 0 Å². The van der Waals surface area contributed by atoms with Gasteiger partial charge in [0.25, 0.3) is 10.1 Å². The summed E-state index contributed by atoms with van der Waals surface area (Å²) in [5, 5.41) is 4.68. The van der Waals surface area contributed by atoms with Crippen LogP contribution in [0.5, 0.6) is 0 Å². The van der Waals surface area contributed by atoms with E-state index in [-0.39, 0.29) is 43.2 Å². The number of ether oxygens (including phenoxy) is 1. The van der Waals surface area contributed by atoms with E-state index in [0.29, 0.717) is 19.3 Å². The number of esters is 1. The zero-order valence-electron chi connectivity index (χ0n) is 16.4. The van der Waals surface area contributed by atoms with Crippen molar-refractivity contribution in [2.45, 2.75) is 63.9 Å². The zero-order chi connectivity index (χ0) is 20.7. The fourth-order valence-electron chi connectivity index (χ4n) is 4.18. The Balaban J connectivity index is 1.37. The Hall–Kier alpha value is -1.68. The SMILES string of the molecule is CCC(C)(C)C(=O)NCC(=O)NCCC(=O)OC1C2CC3C1OS(=O)(=O)C3C2. The fourth-order valence-corrected chi connectivity index (χ4v) is 6.06. The van der Waals surface area contributed by atoms with Gasteiger partial charge in [-0.2, -0.15) is 8.42 Å². The number of nitrogens with one attached hydrogen (secondary N) is 2. The molecule has 1 heterocycles. The van der Waals surface area contributed by atoms with Crippen LogP contribution in [-0.2, 0) is 33.4 Å². The number of rotatable bonds is 8. The van der Waals surface area contributed by atoms with Gasteiger partial charge >= 0.3 is 5.97 Å². The molecule has 9 nitrogen and oxygen atoms in total. The summed E-state index contributed by atoms with van der Waals surface area (Å²) in [6.07, 6.45) is 0.712. The van der Waals surface area contributed by atoms with Gasteiger partial charge in [-0.3, -0.25) is 18.6 Å². The highest BCUT2D eigenvalue weighted by Gasteiger charge is 2.65. The lowest BCUT2D eigenvalue weighted by Gasteiger charge is -2.24. The lowest BCUT2D eigenvalue weighted by molar-refractivity contribution is -0.155. The molecule has 1 aliphatic heterocycles. The predicted octanol–water partition coefficient (Wildman–Crippen LogP) is 0.0939. The zero-order valence-corrected chi connectivity index (χ0v) is 17.2. The Morgan fingerprint density at radius 3 is 2.57 bits per heavy atom. The number of fused-ring (bicyclic) bond motifs is 1. The van der Waals surface area contributed by atoms with Gasteiger partial charge in [0, 0.05) is 23.8 Å². The predicted molar refractivity (Wildman–Crippen MR) is 98.4 cm³/mol. The van der Waals surface area contributed by atoms with E-state index < -0.39 is 39.0 Å². The van der Waals surface area contributed by atoms with E-state index in [4.69, 9.17) is 8.92 Å². The average molecular weight is 416 g/mol. The second-order valence-electron chi connectivity index (χ2n) is 8.46. The molecule has 3 aliphatic rings. The normalized spacial score (nSPS) is 32.2. The van der Waals surface area contributed by atoms with Gasteiger partial charge < -0.3 is 15.4 Å². The molecule has 5 unspecified atom stereocenters. The molecular formula is C18H28N2O7S. The third-order valence-electron chi connectivity index (χ3n) is 6.24. The van der Waals surface area contributed by atoms with Crippen molar-refractivity contribution in [3.05, 3.63) is 0 Å². The highest BCUT2D eigenvalue weighted by Crippen LogP contribution is 2.55. The molecule has 0 aromatic rings. The molecule has 0 aromatic carbocycles. The maximum Gasteiger partial charge on any atom is 0.307 e. The van der Waals surface area contributed by atoms with E-state index in [1.807, 2.05) is 6.92 Å². The molecule has 2 N–H and O–H groups in total. The lowest BCUT2D eigenvalue weighted by atomic mass is 9.89. The first-order chi connectivity index (χ1) is 13.0. The van der Waals surface area contributed by atoms with Gasteiger partial charge in [-0.25, -0.2) is 0 Å². The Bertz CT molecular complexity index is 764. The Labute approximate surface area is 165 Å². The smallest absolute Gasteiger partial charge is 0.307 e. The highest BCUT2D eigenvalue weighted by molar-refractivity contribution is 7.87. The summed E-state index contributed by atoms with van der Waals surface area (Å²) >= 11 is 0. The summed E-state index contributed by atoms with van der Waals surface area (Å²) in [7, 11) is -3.54. The maximum atomic E-state index is 12.1. The number of hydrogen-bond acceptors (Lipinski definition) is 7. The minimum Gasteiger partial charge on any atom is -0.459 e. The molecule has 0 spiro atoms. The van der Waals surface area contributed by atoms with Crippen molar-refractivity contribution < 1.29 is 31.7 Å². The first kappa shape index (κ1) is 21.0. The second-order valence-corrected chi connectivity index (χ2v) is 10.2. The van der Waals surface area contributed by atoms with Gasteiger partial charge in [-0.15, -0.1) is 0 Å². The third-order valence-corrected chi connectivity index (χ3v) is 8.01. The molecule has 0 aromatic heterocycles. The number of carbonyl (C=O) groups excluding carboxylic acids is 3. The molecule has 3 fully saturated rings. The van der Waals surface area contributed by atoms with Crippen LogP contribution in [0, 0.1) is 17.3 Å². The van der Waals surface area contributed by atoms with Crippen molar-refractivity contribution in [3.63, 3.8) is 0 Å². The third kappa shape index (κ3) is 4.03. The number of amides is 2. The van der Waals surface area contributed by atoms with Gasteiger partial charge in [-0.05, 0) is 19.3 Å². The van der Waals surface area contributed by atoms with Crippen LogP contribution >= 0.6 is 0 Å². The van der Waals surface area contributed by atoms with Crippen molar-refractivity contribution in [1.29, 1.82) is 0 Å². The van der Waals surface area contributed by atoms with Crippen LogP contribution in [0.25, 0.3) is 0 Å². The van der Waals surface area contributed by atoms with Crippen LogP contribution in [0.15, 0.2) is 0 Å². The van der Waals surface area contributed by atoms with E-state index in [2.05, 4.69) is 10.6 Å². The standard InChI is InChI=1S/C18H28N2O7S/c1-4-18(2,3)17(23)20-9-13(21)19-6-5-14(22)26-15-10-7-11-12(8-10)28(24,25)27-16(11)15/h10-12,15-16H,4-9H2,1-3H3,(H,19,21)(H,20,23). The molecular weight excluding hydrogens is 388 g/mol. The first-order valence-corrected chi connectivity index (χ1v) is 11.2. The minimum atomic E-state index is -3.54. The Morgan fingerprint density at radius 2 is 1.89 bits per heavy atom. The van der Waals surface area contributed by atoms with E-state index in [1.165, 1.54) is 0 Å². The topological polar surface area (TPSA) is 128 Å². The van der Waals surface area contributed by atoms with Gasteiger partial charge in [0.05, 0.1) is 18.2 Å². The summed E-state index contributed by atoms with van der Waals surface area (Å²) in [4.78, 5) is 35.8. The van der Waals surface area contributed by atoms with E-state index in [1.54, 1.807) is 13.8 Å². The van der Waals surface area contributed by atoms with E-state index >= 15 is 0 Å². The summed E-state index contributed by atoms with van der Waals surface area (Å²) in [5.74, 6) is -1.15. The van der Waals surface area contributed by atoms with Gasteiger partial charge in [0.15, 0.2) is 0 Å². The van der Waals surface area contributed by atoms with Crippen molar-refractivity contribution in [3.8, 4) is 0 Å².